The number of imidazole rings is 1. The number of hydrogen-bond acceptors (Lipinski definition) is 5. The van der Waals surface area contributed by atoms with Gasteiger partial charge in [0.25, 0.3) is 0 Å². The molecule has 2 rings (SSSR count). The lowest BCUT2D eigenvalue weighted by Gasteiger charge is -2.11. The number of phenols is 1. The highest BCUT2D eigenvalue weighted by Crippen LogP contribution is 2.36. The van der Waals surface area contributed by atoms with Gasteiger partial charge in [-0.3, -0.25) is 0 Å². The highest BCUT2D eigenvalue weighted by molar-refractivity contribution is 5.52. The third kappa shape index (κ3) is 3.42. The third-order valence-electron chi connectivity index (χ3n) is 2.99. The topological polar surface area (TPSA) is 79.4 Å². The molecule has 0 aliphatic carbocycles. The Balaban J connectivity index is 1.92. The predicted octanol–water partition coefficient (Wildman–Crippen LogP) is 1.46. The lowest BCUT2D eigenvalue weighted by atomic mass is 10.1. The van der Waals surface area contributed by atoms with Crippen LogP contribution < -0.4 is 14.8 Å². The van der Waals surface area contributed by atoms with Crippen molar-refractivity contribution in [3.63, 3.8) is 0 Å². The van der Waals surface area contributed by atoms with Gasteiger partial charge in [0.2, 0.25) is 5.75 Å². The zero-order valence-electron chi connectivity index (χ0n) is 11.6. The van der Waals surface area contributed by atoms with Crippen LogP contribution in [0, 0.1) is 0 Å². The molecule has 108 valence electrons. The van der Waals surface area contributed by atoms with Crippen molar-refractivity contribution in [1.29, 1.82) is 0 Å². The summed E-state index contributed by atoms with van der Waals surface area (Å²) in [5.74, 6) is 0.848. The smallest absolute Gasteiger partial charge is 0.200 e. The number of aromatic nitrogens is 2. The summed E-state index contributed by atoms with van der Waals surface area (Å²) in [6.07, 6.45) is 4.37. The van der Waals surface area contributed by atoms with Gasteiger partial charge in [0.15, 0.2) is 11.5 Å². The van der Waals surface area contributed by atoms with Crippen molar-refractivity contribution < 1.29 is 14.6 Å². The zero-order valence-corrected chi connectivity index (χ0v) is 11.6. The maximum Gasteiger partial charge on any atom is 0.200 e. The molecule has 1 aromatic heterocycles. The van der Waals surface area contributed by atoms with Crippen LogP contribution in [0.15, 0.2) is 24.7 Å². The molecule has 0 saturated carbocycles. The number of benzene rings is 1. The van der Waals surface area contributed by atoms with Crippen LogP contribution >= 0.6 is 0 Å². The second-order valence-electron chi connectivity index (χ2n) is 4.35. The van der Waals surface area contributed by atoms with E-state index < -0.39 is 0 Å². The molecule has 0 unspecified atom stereocenters. The minimum atomic E-state index is 0.0243. The van der Waals surface area contributed by atoms with Crippen molar-refractivity contribution in [1.82, 2.24) is 15.3 Å². The molecule has 1 heterocycles. The Kier molecular flexibility index (Phi) is 4.84. The number of nitrogens with zero attached hydrogens (tertiary/aromatic N) is 1. The Bertz CT molecular complexity index is 516. The molecule has 6 heteroatoms. The molecule has 0 aliphatic heterocycles. The first-order chi connectivity index (χ1) is 9.74. The van der Waals surface area contributed by atoms with Gasteiger partial charge in [-0.05, 0) is 17.7 Å². The molecule has 0 bridgehead atoms. The summed E-state index contributed by atoms with van der Waals surface area (Å²) in [6.45, 7) is 1.49. The summed E-state index contributed by atoms with van der Waals surface area (Å²) in [7, 11) is 3.04. The average Bonchev–Trinajstić information content (AvgIpc) is 2.98. The van der Waals surface area contributed by atoms with Crippen molar-refractivity contribution >= 4 is 0 Å². The van der Waals surface area contributed by atoms with Crippen LogP contribution in [0.25, 0.3) is 0 Å². The van der Waals surface area contributed by atoms with E-state index in [4.69, 9.17) is 9.47 Å². The molecule has 0 saturated heterocycles. The van der Waals surface area contributed by atoms with E-state index in [2.05, 4.69) is 15.3 Å². The van der Waals surface area contributed by atoms with Crippen molar-refractivity contribution in [2.24, 2.45) is 0 Å². The number of phenolic OH excluding ortho intramolecular Hbond substituents is 1. The van der Waals surface area contributed by atoms with E-state index in [1.165, 1.54) is 14.2 Å². The average molecular weight is 277 g/mol. The van der Waals surface area contributed by atoms with Crippen molar-refractivity contribution in [3.8, 4) is 17.2 Å². The third-order valence-corrected chi connectivity index (χ3v) is 2.99. The predicted molar refractivity (Wildman–Crippen MR) is 75.2 cm³/mol. The first-order valence-corrected chi connectivity index (χ1v) is 6.36. The largest absolute Gasteiger partial charge is 0.502 e. The van der Waals surface area contributed by atoms with Crippen molar-refractivity contribution in [2.75, 3.05) is 20.8 Å². The molecule has 0 radical (unpaired) electrons. The van der Waals surface area contributed by atoms with Crippen molar-refractivity contribution in [2.45, 2.75) is 13.0 Å². The number of H-pyrrole nitrogens is 1. The van der Waals surface area contributed by atoms with E-state index >= 15 is 0 Å². The van der Waals surface area contributed by atoms with Gasteiger partial charge < -0.3 is 24.9 Å². The molecule has 2 aromatic rings. The Morgan fingerprint density at radius 3 is 2.50 bits per heavy atom. The first kappa shape index (κ1) is 14.2. The molecular formula is C14H19N3O3. The molecule has 6 nitrogen and oxygen atoms in total. The first-order valence-electron chi connectivity index (χ1n) is 6.36. The fraction of sp³-hybridized carbons (Fsp3) is 0.357. The summed E-state index contributed by atoms with van der Waals surface area (Å²) < 4.78 is 10.2. The van der Waals surface area contributed by atoms with Crippen LogP contribution in [0.5, 0.6) is 17.2 Å². The lowest BCUT2D eigenvalue weighted by Crippen LogP contribution is -2.16. The number of hydrogen-bond donors (Lipinski definition) is 3. The van der Waals surface area contributed by atoms with Crippen LogP contribution in [0.4, 0.5) is 0 Å². The molecule has 0 amide bonds. The van der Waals surface area contributed by atoms with Gasteiger partial charge in [-0.1, -0.05) is 0 Å². The molecular weight excluding hydrogens is 258 g/mol. The van der Waals surface area contributed by atoms with E-state index in [0.717, 1.165) is 24.2 Å². The van der Waals surface area contributed by atoms with Gasteiger partial charge in [0.05, 0.1) is 20.5 Å². The van der Waals surface area contributed by atoms with E-state index in [1.807, 2.05) is 6.20 Å². The lowest BCUT2D eigenvalue weighted by molar-refractivity contribution is 0.339. The standard InChI is InChI=1S/C14H19N3O3/c1-19-12-5-10(6-13(20-2)14(12)18)7-15-4-3-11-8-16-9-17-11/h5-6,8-9,15,18H,3-4,7H2,1-2H3,(H,16,17). The van der Waals surface area contributed by atoms with Gasteiger partial charge in [0, 0.05) is 31.4 Å². The SMILES string of the molecule is COc1cc(CNCCc2cnc[nH]2)cc(OC)c1O. The Labute approximate surface area is 117 Å². The number of aromatic hydroxyl groups is 1. The zero-order chi connectivity index (χ0) is 14.4. The summed E-state index contributed by atoms with van der Waals surface area (Å²) in [5.41, 5.74) is 2.08. The highest BCUT2D eigenvalue weighted by Gasteiger charge is 2.10. The van der Waals surface area contributed by atoms with Gasteiger partial charge in [-0.15, -0.1) is 0 Å². The summed E-state index contributed by atoms with van der Waals surface area (Å²) >= 11 is 0. The molecule has 20 heavy (non-hydrogen) atoms. The van der Waals surface area contributed by atoms with Crippen LogP contribution in [-0.4, -0.2) is 35.8 Å². The quantitative estimate of drug-likeness (QED) is 0.668. The van der Waals surface area contributed by atoms with Gasteiger partial charge in [-0.2, -0.15) is 0 Å². The number of rotatable bonds is 7. The van der Waals surface area contributed by atoms with E-state index in [0.29, 0.717) is 18.0 Å². The number of ether oxygens (including phenoxy) is 2. The van der Waals surface area contributed by atoms with Crippen molar-refractivity contribution in [3.05, 3.63) is 35.9 Å². The Hall–Kier alpha value is -2.21. The van der Waals surface area contributed by atoms with Crippen LogP contribution in [-0.2, 0) is 13.0 Å². The fourth-order valence-corrected chi connectivity index (χ4v) is 1.93. The minimum absolute atomic E-state index is 0.0243. The maximum absolute atomic E-state index is 9.83. The van der Waals surface area contributed by atoms with Gasteiger partial charge in [-0.25, -0.2) is 4.98 Å². The molecule has 3 N–H and O–H groups in total. The van der Waals surface area contributed by atoms with E-state index in [9.17, 15) is 5.11 Å². The second kappa shape index (κ2) is 6.81. The molecule has 0 aliphatic rings. The van der Waals surface area contributed by atoms with Crippen LogP contribution in [0.1, 0.15) is 11.3 Å². The highest BCUT2D eigenvalue weighted by atomic mass is 16.5. The maximum atomic E-state index is 9.83. The number of aromatic amines is 1. The number of methoxy groups -OCH3 is 2. The Morgan fingerprint density at radius 1 is 1.25 bits per heavy atom. The molecule has 0 spiro atoms. The van der Waals surface area contributed by atoms with Gasteiger partial charge in [0.1, 0.15) is 0 Å². The van der Waals surface area contributed by atoms with Gasteiger partial charge >= 0.3 is 0 Å². The number of nitrogens with one attached hydrogen (secondary N) is 2. The molecule has 0 atom stereocenters. The summed E-state index contributed by atoms with van der Waals surface area (Å²) in [6, 6.07) is 3.59. The van der Waals surface area contributed by atoms with E-state index in [-0.39, 0.29) is 5.75 Å². The monoisotopic (exact) mass is 277 g/mol. The van der Waals surface area contributed by atoms with Crippen LogP contribution in [0.3, 0.4) is 0 Å². The summed E-state index contributed by atoms with van der Waals surface area (Å²) in [4.78, 5) is 7.03. The second-order valence-corrected chi connectivity index (χ2v) is 4.35. The minimum Gasteiger partial charge on any atom is -0.502 e. The normalized spacial score (nSPS) is 10.5. The van der Waals surface area contributed by atoms with E-state index in [1.54, 1.807) is 18.5 Å². The summed E-state index contributed by atoms with van der Waals surface area (Å²) in [5, 5.41) is 13.1. The Morgan fingerprint density at radius 2 is 1.95 bits per heavy atom. The molecule has 1 aromatic carbocycles. The fourth-order valence-electron chi connectivity index (χ4n) is 1.93. The van der Waals surface area contributed by atoms with Crippen LogP contribution in [0.2, 0.25) is 0 Å². The molecule has 0 fully saturated rings.